The summed E-state index contributed by atoms with van der Waals surface area (Å²) in [7, 11) is 1.70. The van der Waals surface area contributed by atoms with Gasteiger partial charge in [-0.15, -0.1) is 0 Å². The third kappa shape index (κ3) is 10.8. The van der Waals surface area contributed by atoms with Gasteiger partial charge in [0.1, 0.15) is 35.1 Å². The van der Waals surface area contributed by atoms with Crippen LogP contribution in [0.25, 0.3) is 57.2 Å². The van der Waals surface area contributed by atoms with E-state index >= 15 is 0 Å². The summed E-state index contributed by atoms with van der Waals surface area (Å²) >= 11 is 37.6. The molecule has 2 aliphatic heterocycles. The molecule has 2 saturated heterocycles. The number of alkyl halides is 6. The molecule has 6 aromatic heterocycles. The lowest BCUT2D eigenvalue weighted by molar-refractivity contribution is -0.138. The van der Waals surface area contributed by atoms with Crippen LogP contribution in [0.5, 0.6) is 11.5 Å². The number of benzene rings is 2. The van der Waals surface area contributed by atoms with E-state index in [0.717, 1.165) is 33.3 Å². The second kappa shape index (κ2) is 19.5. The predicted octanol–water partition coefficient (Wildman–Crippen LogP) is 11.7. The maximum Gasteiger partial charge on any atom is 0.417 e. The molecule has 0 saturated carbocycles. The largest absolute Gasteiger partial charge is 0.487 e. The summed E-state index contributed by atoms with van der Waals surface area (Å²) in [5.74, 6) is 0.757. The normalized spacial score (nSPS) is 16.6. The van der Waals surface area contributed by atoms with E-state index in [1.54, 1.807) is 11.9 Å². The highest BCUT2D eigenvalue weighted by molar-refractivity contribution is 6.37. The van der Waals surface area contributed by atoms with Gasteiger partial charge in [0.25, 0.3) is 11.8 Å². The van der Waals surface area contributed by atoms with Crippen LogP contribution >= 0.6 is 69.6 Å². The van der Waals surface area contributed by atoms with Crippen LogP contribution < -0.4 is 14.8 Å². The van der Waals surface area contributed by atoms with Gasteiger partial charge in [0.15, 0.2) is 11.3 Å². The number of likely N-dealkylation sites (tertiary alicyclic amines) is 1. The van der Waals surface area contributed by atoms with E-state index in [9.17, 15) is 35.9 Å². The number of hydrogen-bond acceptors (Lipinski definition) is 12. The number of likely N-dealkylation sites (N-methyl/N-ethyl adjacent to an activating group) is 1. The van der Waals surface area contributed by atoms with Crippen LogP contribution in [0.4, 0.5) is 26.3 Å². The van der Waals surface area contributed by atoms with Crippen LogP contribution in [-0.4, -0.2) is 88.1 Å². The summed E-state index contributed by atoms with van der Waals surface area (Å²) in [6.45, 7) is 0.784. The van der Waals surface area contributed by atoms with Gasteiger partial charge in [0.05, 0.1) is 54.4 Å². The molecule has 28 heteroatoms. The highest BCUT2D eigenvalue weighted by atomic mass is 35.5. The quantitative estimate of drug-likeness (QED) is 0.142. The number of piperidine rings is 2. The Labute approximate surface area is 424 Å². The Bertz CT molecular complexity index is 3370. The maximum atomic E-state index is 13.1. The second-order valence-corrected chi connectivity index (χ2v) is 18.3. The zero-order valence-electron chi connectivity index (χ0n) is 35.7. The van der Waals surface area contributed by atoms with Gasteiger partial charge >= 0.3 is 12.4 Å². The molecule has 0 aliphatic carbocycles. The average Bonchev–Trinajstić information content (AvgIpc) is 4.14. The van der Waals surface area contributed by atoms with Gasteiger partial charge < -0.3 is 37.5 Å². The first-order valence-corrected chi connectivity index (χ1v) is 22.9. The monoisotopic (exact) mass is 1100 g/mol. The molecule has 2 aromatic carbocycles. The van der Waals surface area contributed by atoms with Crippen LogP contribution in [0.2, 0.25) is 30.1 Å². The van der Waals surface area contributed by atoms with E-state index in [0.29, 0.717) is 61.4 Å². The molecular weight excluding hydrogens is 1080 g/mol. The SMILES string of the molecule is CN1C[C@@H](Oc2cc(Cl)c(-c3noc(-c4cn5cc(C(F)(F)F)cc(Cl)c5n4)n3)cc2Cl)CCC1=O.O=C1CC[C@H](Oc2cc(Cl)c(-c3noc(-c4cn5cc(C(F)(F)F)cc(Cl)c5n4)n3)cc2Cl)CN1. The Morgan fingerprint density at radius 2 is 1.07 bits per heavy atom. The number of pyridine rings is 2. The smallest absolute Gasteiger partial charge is 0.417 e. The number of fused-ring (bicyclic) bond motifs is 2. The fourth-order valence-electron chi connectivity index (χ4n) is 7.32. The summed E-state index contributed by atoms with van der Waals surface area (Å²) in [4.78, 5) is 41.5. The number of nitrogens with one attached hydrogen (secondary N) is 1. The Balaban J connectivity index is 0.000000176. The van der Waals surface area contributed by atoms with Crippen LogP contribution in [-0.2, 0) is 21.9 Å². The van der Waals surface area contributed by atoms with Gasteiger partial charge in [-0.1, -0.05) is 79.9 Å². The molecule has 8 aromatic rings. The molecule has 8 heterocycles. The maximum absolute atomic E-state index is 13.1. The van der Waals surface area contributed by atoms with Gasteiger partial charge in [0.2, 0.25) is 23.5 Å². The van der Waals surface area contributed by atoms with Crippen LogP contribution in [0.15, 0.2) is 70.2 Å². The highest BCUT2D eigenvalue weighted by Gasteiger charge is 2.34. The number of nitrogens with zero attached hydrogens (tertiary/aromatic N) is 9. The first-order chi connectivity index (χ1) is 33.6. The number of imidazole rings is 2. The molecule has 0 bridgehead atoms. The Hall–Kier alpha value is -6.04. The zero-order chi connectivity index (χ0) is 50.7. The average molecular weight is 1110 g/mol. The van der Waals surface area contributed by atoms with E-state index in [1.807, 2.05) is 0 Å². The minimum absolute atomic E-state index is 0.0362. The van der Waals surface area contributed by atoms with E-state index in [-0.39, 0.29) is 100 Å². The van der Waals surface area contributed by atoms with E-state index in [4.69, 9.17) is 88.1 Å². The molecule has 16 nitrogen and oxygen atoms in total. The number of aromatic nitrogens is 8. The molecule has 71 heavy (non-hydrogen) atoms. The fraction of sp³-hybridized carbons (Fsp3) is 0.256. The molecule has 1 N–H and O–H groups in total. The van der Waals surface area contributed by atoms with Gasteiger partial charge in [-0.25, -0.2) is 9.97 Å². The van der Waals surface area contributed by atoms with Crippen LogP contribution in [0.3, 0.4) is 0 Å². The van der Waals surface area contributed by atoms with E-state index < -0.39 is 23.5 Å². The van der Waals surface area contributed by atoms with Gasteiger partial charge in [-0.3, -0.25) is 9.59 Å². The third-order valence-electron chi connectivity index (χ3n) is 10.9. The van der Waals surface area contributed by atoms with Crippen molar-refractivity contribution in [1.29, 1.82) is 0 Å². The van der Waals surface area contributed by atoms with Crippen molar-refractivity contribution in [3.8, 4) is 57.4 Å². The standard InChI is InChI=1S/C22H15Cl3F3N5O3.C21H13Cl3F3N5O3/c1-32-8-11(2-3-18(32)34)35-17-6-13(23)12(5-14(17)24)19-30-21(36-31-19)16-9-33-7-10(22(26,27)28)4-15(25)20(33)29-16;22-12-5-16(34-10-1-2-17(33)28-6-10)13(23)4-11(12)18-30-20(35-31-18)15-8-32-7-9(21(25,26)27)3-14(24)19(32)29-15/h4-7,9,11H,2-3,8H2,1H3;3-5,7-8,10H,1-2,6H2,(H,28,33)/t11-;10-/m00/s1. The van der Waals surface area contributed by atoms with Crippen LogP contribution in [0.1, 0.15) is 36.8 Å². The van der Waals surface area contributed by atoms with Crippen molar-refractivity contribution in [2.45, 2.75) is 50.2 Å². The predicted molar refractivity (Wildman–Crippen MR) is 246 cm³/mol. The summed E-state index contributed by atoms with van der Waals surface area (Å²) in [6.07, 6.45) is -3.48. The molecule has 2 amide bonds. The van der Waals surface area contributed by atoms with E-state index in [2.05, 4.69) is 35.6 Å². The second-order valence-electron chi connectivity index (χ2n) is 15.9. The van der Waals surface area contributed by atoms with Crippen molar-refractivity contribution in [2.24, 2.45) is 0 Å². The van der Waals surface area contributed by atoms with Crippen molar-refractivity contribution in [3.63, 3.8) is 0 Å². The van der Waals surface area contributed by atoms with Gasteiger partial charge in [-0.2, -0.15) is 36.3 Å². The van der Waals surface area contributed by atoms with E-state index in [1.165, 1.54) is 36.7 Å². The molecule has 0 radical (unpaired) electrons. The molecule has 370 valence electrons. The lowest BCUT2D eigenvalue weighted by Crippen LogP contribution is -2.42. The summed E-state index contributed by atoms with van der Waals surface area (Å²) in [5, 5.41) is 11.1. The van der Waals surface area contributed by atoms with Crippen molar-refractivity contribution < 1.29 is 54.5 Å². The van der Waals surface area contributed by atoms with Crippen LogP contribution in [0, 0.1) is 0 Å². The number of ether oxygens (including phenoxy) is 2. The number of carbonyl (C=O) groups is 2. The van der Waals surface area contributed by atoms with Crippen molar-refractivity contribution >= 4 is 92.7 Å². The number of hydrogen-bond donors (Lipinski definition) is 1. The first kappa shape index (κ1) is 49.9. The molecule has 2 fully saturated rings. The van der Waals surface area contributed by atoms with Gasteiger partial charge in [-0.05, 0) is 37.1 Å². The minimum Gasteiger partial charge on any atom is -0.487 e. The molecule has 2 atom stereocenters. The summed E-state index contributed by atoms with van der Waals surface area (Å²) in [6, 6.07) is 7.64. The number of amides is 2. The lowest BCUT2D eigenvalue weighted by Gasteiger charge is -2.30. The van der Waals surface area contributed by atoms with Crippen molar-refractivity contribution in [3.05, 3.63) is 102 Å². The van der Waals surface area contributed by atoms with Crippen molar-refractivity contribution in [2.75, 3.05) is 20.1 Å². The first-order valence-electron chi connectivity index (χ1n) is 20.6. The summed E-state index contributed by atoms with van der Waals surface area (Å²) in [5.41, 5.74) is -0.735. The fourth-order valence-corrected chi connectivity index (χ4v) is 8.73. The number of halogens is 12. The highest BCUT2D eigenvalue weighted by Crippen LogP contribution is 2.40. The lowest BCUT2D eigenvalue weighted by atomic mass is 10.1. The Kier molecular flexibility index (Phi) is 13.7. The molecule has 10 rings (SSSR count). The van der Waals surface area contributed by atoms with Gasteiger partial charge in [0, 0.05) is 67.9 Å². The molecule has 0 spiro atoms. The minimum atomic E-state index is -4.57. The number of rotatable bonds is 8. The third-order valence-corrected chi connectivity index (χ3v) is 12.6. The molecule has 0 unspecified atom stereocenters. The topological polar surface area (TPSA) is 180 Å². The zero-order valence-corrected chi connectivity index (χ0v) is 40.2. The Morgan fingerprint density at radius 3 is 1.51 bits per heavy atom. The number of carbonyl (C=O) groups excluding carboxylic acids is 2. The molecule has 2 aliphatic rings. The Morgan fingerprint density at radius 1 is 0.606 bits per heavy atom. The molecular formula is C43H28Cl6F6N10O6. The summed E-state index contributed by atoms with van der Waals surface area (Å²) < 4.78 is 103. The van der Waals surface area contributed by atoms with Crippen molar-refractivity contribution in [1.82, 2.24) is 49.3 Å².